The summed E-state index contributed by atoms with van der Waals surface area (Å²) < 4.78 is 33.3. The summed E-state index contributed by atoms with van der Waals surface area (Å²) in [4.78, 5) is 0. The van der Waals surface area contributed by atoms with Crippen molar-refractivity contribution in [3.63, 3.8) is 0 Å². The van der Waals surface area contributed by atoms with Gasteiger partial charge in [-0.2, -0.15) is 8.42 Å². The van der Waals surface area contributed by atoms with E-state index in [4.69, 9.17) is 25.0 Å². The third kappa shape index (κ3) is 35.5. The first-order valence-electron chi connectivity index (χ1n) is 11.0. The molecule has 0 atom stereocenters. The Hall–Kier alpha value is -0.290. The average molecular weight is 445 g/mol. The Kier molecular flexibility index (Phi) is 22.3. The number of unbranched alkanes of at least 4 members (excludes halogenated alkanes) is 15. The third-order valence-electron chi connectivity index (χ3n) is 4.44. The Morgan fingerprint density at radius 3 is 1.17 bits per heavy atom. The smallest absolute Gasteiger partial charge is 0.388 e. The van der Waals surface area contributed by atoms with E-state index in [-0.39, 0.29) is 6.61 Å². The van der Waals surface area contributed by atoms with Crippen molar-refractivity contribution in [3.8, 4) is 0 Å². The maximum absolute atomic E-state index is 10.3. The molecule has 29 heavy (non-hydrogen) atoms. The van der Waals surface area contributed by atoms with Gasteiger partial charge >= 0.3 is 10.4 Å². The van der Waals surface area contributed by atoms with Gasteiger partial charge in [-0.25, -0.2) is 4.18 Å². The van der Waals surface area contributed by atoms with Gasteiger partial charge in [-0.05, 0) is 6.42 Å². The zero-order chi connectivity index (χ0) is 22.4. The Bertz CT molecular complexity index is 421. The summed E-state index contributed by atoms with van der Waals surface area (Å²) in [5, 5.41) is 30.7. The molecule has 0 bridgehead atoms. The van der Waals surface area contributed by atoms with Crippen LogP contribution in [0.5, 0.6) is 0 Å². The first kappa shape index (κ1) is 30.9. The van der Waals surface area contributed by atoms with Crippen molar-refractivity contribution in [1.29, 1.82) is 0 Å². The van der Waals surface area contributed by atoms with Gasteiger partial charge in [0.2, 0.25) is 0 Å². The van der Waals surface area contributed by atoms with E-state index in [9.17, 15) is 8.42 Å². The van der Waals surface area contributed by atoms with Gasteiger partial charge in [-0.1, -0.05) is 103 Å². The summed E-state index contributed by atoms with van der Waals surface area (Å²) in [7, 11) is -4.24. The molecule has 0 saturated carbocycles. The van der Waals surface area contributed by atoms with Crippen molar-refractivity contribution in [2.45, 2.75) is 116 Å². The summed E-state index contributed by atoms with van der Waals surface area (Å²) in [6, 6.07) is 0. The third-order valence-corrected chi connectivity index (χ3v) is 4.91. The summed E-state index contributed by atoms with van der Waals surface area (Å²) in [6.07, 6.45) is 20.5. The van der Waals surface area contributed by atoms with Crippen molar-refractivity contribution in [1.82, 2.24) is 0 Å². The number of rotatable bonds is 19. The molecule has 0 aliphatic rings. The number of hydrogen-bond acceptors (Lipinski definition) is 7. The van der Waals surface area contributed by atoms with Crippen molar-refractivity contribution >= 4 is 10.4 Å². The molecule has 0 unspecified atom stereocenters. The van der Waals surface area contributed by atoms with Crippen LogP contribution in [0.15, 0.2) is 0 Å². The lowest BCUT2D eigenvalue weighted by Crippen LogP contribution is -2.31. The van der Waals surface area contributed by atoms with Crippen LogP contribution >= 0.6 is 0 Å². The largest absolute Gasteiger partial charge is 0.397 e. The Labute approximate surface area is 177 Å². The molecule has 0 aromatic carbocycles. The van der Waals surface area contributed by atoms with Crippen molar-refractivity contribution in [3.05, 3.63) is 0 Å². The molecule has 5 N–H and O–H groups in total. The average Bonchev–Trinajstić information content (AvgIpc) is 2.63. The highest BCUT2D eigenvalue weighted by Gasteiger charge is 2.14. The molecule has 0 aliphatic carbocycles. The molecule has 0 aliphatic heterocycles. The monoisotopic (exact) mass is 444 g/mol. The van der Waals surface area contributed by atoms with Gasteiger partial charge in [0.1, 0.15) is 6.61 Å². The maximum Gasteiger partial charge on any atom is 0.397 e. The van der Waals surface area contributed by atoms with Crippen LogP contribution in [-0.2, 0) is 14.6 Å². The predicted molar refractivity (Wildman–Crippen MR) is 114 cm³/mol. The molecule has 0 rings (SSSR count). The highest BCUT2D eigenvalue weighted by Crippen LogP contribution is 2.13. The van der Waals surface area contributed by atoms with E-state index in [0.717, 1.165) is 12.8 Å². The van der Waals surface area contributed by atoms with Crippen LogP contribution in [0.25, 0.3) is 0 Å². The summed E-state index contributed by atoms with van der Waals surface area (Å²) >= 11 is 0. The van der Waals surface area contributed by atoms with E-state index < -0.39 is 23.0 Å². The van der Waals surface area contributed by atoms with E-state index in [1.54, 1.807) is 0 Å². The van der Waals surface area contributed by atoms with Crippen molar-refractivity contribution < 1.29 is 37.6 Å². The van der Waals surface area contributed by atoms with E-state index >= 15 is 0 Å². The Morgan fingerprint density at radius 1 is 0.655 bits per heavy atom. The van der Waals surface area contributed by atoms with Gasteiger partial charge in [-0.15, -0.1) is 0 Å². The zero-order valence-electron chi connectivity index (χ0n) is 18.1. The number of aliphatic hydroxyl groups is 4. The highest BCUT2D eigenvalue weighted by molar-refractivity contribution is 7.80. The minimum atomic E-state index is -4.24. The highest BCUT2D eigenvalue weighted by atomic mass is 32.3. The lowest BCUT2D eigenvalue weighted by molar-refractivity contribution is -0.326. The molecule has 0 amide bonds. The number of hydrogen-bond donors (Lipinski definition) is 5. The van der Waals surface area contributed by atoms with E-state index in [2.05, 4.69) is 11.1 Å². The zero-order valence-corrected chi connectivity index (χ0v) is 18.9. The van der Waals surface area contributed by atoms with Crippen LogP contribution < -0.4 is 0 Å². The molecule has 0 fully saturated rings. The topological polar surface area (TPSA) is 145 Å². The quantitative estimate of drug-likeness (QED) is 0.115. The predicted octanol–water partition coefficient (Wildman–Crippen LogP) is 3.68. The SMILES string of the molecule is CCCCCCCCCCCCCCCCCCOS(=O)(=O)O.OCC(O)(O)O. The molecule has 0 radical (unpaired) electrons. The second-order valence-corrected chi connectivity index (χ2v) is 8.58. The van der Waals surface area contributed by atoms with Gasteiger partial charge in [0.15, 0.2) is 0 Å². The molecule has 9 heteroatoms. The molecular weight excluding hydrogens is 400 g/mol. The van der Waals surface area contributed by atoms with Crippen LogP contribution in [0.4, 0.5) is 0 Å². The lowest BCUT2D eigenvalue weighted by atomic mass is 10.0. The fourth-order valence-electron chi connectivity index (χ4n) is 2.81. The maximum atomic E-state index is 10.3. The van der Waals surface area contributed by atoms with E-state index in [0.29, 0.717) is 6.42 Å². The van der Waals surface area contributed by atoms with Gasteiger partial charge in [0, 0.05) is 0 Å². The summed E-state index contributed by atoms with van der Waals surface area (Å²) in [6.45, 7) is 1.29. The van der Waals surface area contributed by atoms with Gasteiger partial charge in [-0.3, -0.25) is 4.55 Å². The molecule has 8 nitrogen and oxygen atoms in total. The standard InChI is InChI=1S/C18H38O4S.C2H6O4/c1-2-3-4-5-6-7-8-9-10-11-12-13-14-15-16-17-18-22-23(19,20)21;3-1-2(4,5)6/h2-18H2,1H3,(H,19,20,21);3-6H,1H2. The van der Waals surface area contributed by atoms with Gasteiger partial charge in [0.25, 0.3) is 5.97 Å². The molecule has 0 spiro atoms. The molecular formula is C20H44O8S. The normalized spacial score (nSPS) is 11.9. The molecule has 0 aromatic heterocycles. The molecule has 0 heterocycles. The molecule has 0 saturated heterocycles. The lowest BCUT2D eigenvalue weighted by Gasteiger charge is -2.07. The van der Waals surface area contributed by atoms with Crippen LogP contribution in [0.1, 0.15) is 110 Å². The molecule has 0 aromatic rings. The van der Waals surface area contributed by atoms with E-state index in [1.165, 1.54) is 83.5 Å². The first-order chi connectivity index (χ1) is 13.6. The fourth-order valence-corrected chi connectivity index (χ4v) is 3.14. The summed E-state index contributed by atoms with van der Waals surface area (Å²) in [5.74, 6) is -2.90. The van der Waals surface area contributed by atoms with Crippen LogP contribution in [0, 0.1) is 0 Å². The Balaban J connectivity index is 0. The van der Waals surface area contributed by atoms with Gasteiger partial charge in [0.05, 0.1) is 6.61 Å². The second-order valence-electron chi connectivity index (χ2n) is 7.49. The number of aliphatic hydroxyl groups excluding tert-OH is 1. The van der Waals surface area contributed by atoms with Crippen molar-refractivity contribution in [2.75, 3.05) is 13.2 Å². The van der Waals surface area contributed by atoms with Crippen LogP contribution in [-0.4, -0.2) is 52.6 Å². The fraction of sp³-hybridized carbons (Fsp3) is 1.00. The van der Waals surface area contributed by atoms with E-state index in [1.807, 2.05) is 0 Å². The van der Waals surface area contributed by atoms with Crippen LogP contribution in [0.2, 0.25) is 0 Å². The second kappa shape index (κ2) is 21.0. The van der Waals surface area contributed by atoms with Crippen molar-refractivity contribution in [2.24, 2.45) is 0 Å². The van der Waals surface area contributed by atoms with Gasteiger partial charge < -0.3 is 20.4 Å². The Morgan fingerprint density at radius 2 is 0.931 bits per heavy atom. The molecule has 178 valence electrons. The minimum absolute atomic E-state index is 0.0945. The minimum Gasteiger partial charge on any atom is -0.388 e. The first-order valence-corrected chi connectivity index (χ1v) is 12.4. The summed E-state index contributed by atoms with van der Waals surface area (Å²) in [5.41, 5.74) is 0. The van der Waals surface area contributed by atoms with Crippen LogP contribution in [0.3, 0.4) is 0 Å².